The molecule has 0 atom stereocenters. The van der Waals surface area contributed by atoms with Crippen molar-refractivity contribution in [2.75, 3.05) is 0 Å². The summed E-state index contributed by atoms with van der Waals surface area (Å²) in [5.74, 6) is 0. The van der Waals surface area contributed by atoms with Gasteiger partial charge in [0.2, 0.25) is 0 Å². The van der Waals surface area contributed by atoms with Crippen LogP contribution in [0.3, 0.4) is 0 Å². The second kappa shape index (κ2) is 3.25. The molecule has 68 valence electrons. The topological polar surface area (TPSA) is 38.9 Å². The van der Waals surface area contributed by atoms with E-state index in [4.69, 9.17) is 17.3 Å². The third-order valence-corrected chi connectivity index (χ3v) is 3.06. The average Bonchev–Trinajstić information content (AvgIpc) is 2.46. The van der Waals surface area contributed by atoms with E-state index in [9.17, 15) is 0 Å². The van der Waals surface area contributed by atoms with Crippen LogP contribution in [0.25, 0.3) is 10.2 Å². The molecule has 1 aromatic heterocycles. The highest BCUT2D eigenvalue weighted by molar-refractivity contribution is 7.18. The Morgan fingerprint density at radius 2 is 2.31 bits per heavy atom. The summed E-state index contributed by atoms with van der Waals surface area (Å²) in [5, 5.41) is 1.73. The van der Waals surface area contributed by atoms with Crippen LogP contribution in [-0.4, -0.2) is 4.98 Å². The number of fused-ring (bicyclic) bond motifs is 1. The van der Waals surface area contributed by atoms with Gasteiger partial charge in [-0.2, -0.15) is 0 Å². The van der Waals surface area contributed by atoms with Gasteiger partial charge in [0.1, 0.15) is 5.52 Å². The number of aromatic nitrogens is 1. The van der Waals surface area contributed by atoms with Gasteiger partial charge in [-0.1, -0.05) is 11.6 Å². The lowest BCUT2D eigenvalue weighted by atomic mass is 10.2. The van der Waals surface area contributed by atoms with Gasteiger partial charge in [0.05, 0.1) is 14.7 Å². The summed E-state index contributed by atoms with van der Waals surface area (Å²) in [5.41, 5.74) is 7.49. The van der Waals surface area contributed by atoms with Crippen LogP contribution in [0.1, 0.15) is 10.6 Å². The Morgan fingerprint density at radius 1 is 1.54 bits per heavy atom. The minimum atomic E-state index is 0.520. The lowest BCUT2D eigenvalue weighted by molar-refractivity contribution is 1.08. The number of hydrogen-bond acceptors (Lipinski definition) is 3. The van der Waals surface area contributed by atoms with Crippen molar-refractivity contribution in [1.29, 1.82) is 0 Å². The smallest absolute Gasteiger partial charge is 0.100 e. The molecule has 0 radical (unpaired) electrons. The van der Waals surface area contributed by atoms with E-state index in [0.717, 1.165) is 20.8 Å². The Kier molecular flexibility index (Phi) is 2.24. The van der Waals surface area contributed by atoms with E-state index < -0.39 is 0 Å². The van der Waals surface area contributed by atoms with Crippen LogP contribution >= 0.6 is 22.9 Å². The average molecular weight is 213 g/mol. The van der Waals surface area contributed by atoms with Crippen LogP contribution in [0.15, 0.2) is 12.1 Å². The first-order valence-electron chi connectivity index (χ1n) is 3.96. The van der Waals surface area contributed by atoms with Gasteiger partial charge >= 0.3 is 0 Å². The number of rotatable bonds is 1. The largest absolute Gasteiger partial charge is 0.326 e. The standard InChI is InChI=1S/C9H9ClN2S/c1-5-12-9-7(10)2-6(4-11)3-8(9)13-5/h2-3H,4,11H2,1H3. The zero-order valence-electron chi connectivity index (χ0n) is 7.17. The van der Waals surface area contributed by atoms with E-state index in [1.54, 1.807) is 11.3 Å². The Balaban J connectivity index is 2.75. The summed E-state index contributed by atoms with van der Waals surface area (Å²) in [6, 6.07) is 3.93. The van der Waals surface area contributed by atoms with Crippen molar-refractivity contribution in [3.05, 3.63) is 27.7 Å². The fourth-order valence-corrected chi connectivity index (χ4v) is 2.53. The predicted molar refractivity (Wildman–Crippen MR) is 57.3 cm³/mol. The van der Waals surface area contributed by atoms with E-state index in [2.05, 4.69) is 4.98 Å². The quantitative estimate of drug-likeness (QED) is 0.790. The molecule has 0 aliphatic rings. The highest BCUT2D eigenvalue weighted by Gasteiger charge is 2.05. The maximum absolute atomic E-state index is 6.04. The van der Waals surface area contributed by atoms with Gasteiger partial charge in [0.15, 0.2) is 0 Å². The number of nitrogens with zero attached hydrogens (tertiary/aromatic N) is 1. The molecule has 0 fully saturated rings. The molecule has 2 aromatic rings. The molecule has 0 saturated heterocycles. The van der Waals surface area contributed by atoms with Crippen LogP contribution in [0.4, 0.5) is 0 Å². The number of benzene rings is 1. The van der Waals surface area contributed by atoms with Crippen molar-refractivity contribution in [2.45, 2.75) is 13.5 Å². The maximum atomic E-state index is 6.04. The van der Waals surface area contributed by atoms with Crippen LogP contribution < -0.4 is 5.73 Å². The summed E-state index contributed by atoms with van der Waals surface area (Å²) in [4.78, 5) is 4.33. The Labute approximate surface area is 85.3 Å². The molecule has 1 aromatic carbocycles. The van der Waals surface area contributed by atoms with Crippen LogP contribution in [0, 0.1) is 6.92 Å². The summed E-state index contributed by atoms with van der Waals surface area (Å²) in [6.45, 7) is 2.50. The zero-order valence-corrected chi connectivity index (χ0v) is 8.75. The highest BCUT2D eigenvalue weighted by atomic mass is 35.5. The first-order valence-corrected chi connectivity index (χ1v) is 5.16. The monoisotopic (exact) mass is 212 g/mol. The summed E-state index contributed by atoms with van der Waals surface area (Å²) < 4.78 is 1.12. The minimum Gasteiger partial charge on any atom is -0.326 e. The van der Waals surface area contributed by atoms with E-state index in [0.29, 0.717) is 11.6 Å². The van der Waals surface area contributed by atoms with Crippen molar-refractivity contribution in [3.63, 3.8) is 0 Å². The number of thiazole rings is 1. The normalized spacial score (nSPS) is 11.0. The Morgan fingerprint density at radius 3 is 3.00 bits per heavy atom. The Bertz CT molecular complexity index is 450. The molecule has 0 unspecified atom stereocenters. The van der Waals surface area contributed by atoms with Crippen molar-refractivity contribution >= 4 is 33.2 Å². The van der Waals surface area contributed by atoms with Gasteiger partial charge in [0.25, 0.3) is 0 Å². The zero-order chi connectivity index (χ0) is 9.42. The van der Waals surface area contributed by atoms with Crippen LogP contribution in [0.2, 0.25) is 5.02 Å². The number of nitrogens with two attached hydrogens (primary N) is 1. The van der Waals surface area contributed by atoms with E-state index in [1.807, 2.05) is 19.1 Å². The van der Waals surface area contributed by atoms with Gasteiger partial charge in [-0.05, 0) is 24.6 Å². The van der Waals surface area contributed by atoms with E-state index in [-0.39, 0.29) is 0 Å². The third-order valence-electron chi connectivity index (χ3n) is 1.85. The predicted octanol–water partition coefficient (Wildman–Crippen LogP) is 2.72. The number of aryl methyl sites for hydroxylation is 1. The van der Waals surface area contributed by atoms with Crippen LogP contribution in [-0.2, 0) is 6.54 Å². The van der Waals surface area contributed by atoms with Crippen molar-refractivity contribution in [2.24, 2.45) is 5.73 Å². The fraction of sp³-hybridized carbons (Fsp3) is 0.222. The second-order valence-electron chi connectivity index (χ2n) is 2.86. The summed E-state index contributed by atoms with van der Waals surface area (Å²) >= 11 is 7.69. The summed E-state index contributed by atoms with van der Waals surface area (Å²) in [7, 11) is 0. The lowest BCUT2D eigenvalue weighted by Gasteiger charge is -1.97. The van der Waals surface area contributed by atoms with Gasteiger partial charge in [-0.25, -0.2) is 4.98 Å². The first-order chi connectivity index (χ1) is 6.20. The summed E-state index contributed by atoms with van der Waals surface area (Å²) in [6.07, 6.45) is 0. The second-order valence-corrected chi connectivity index (χ2v) is 4.50. The molecule has 4 heteroatoms. The molecule has 2 rings (SSSR count). The number of halogens is 1. The van der Waals surface area contributed by atoms with Crippen LogP contribution in [0.5, 0.6) is 0 Å². The molecule has 2 nitrogen and oxygen atoms in total. The Hall–Kier alpha value is -0.640. The molecule has 0 bridgehead atoms. The molecular weight excluding hydrogens is 204 g/mol. The lowest BCUT2D eigenvalue weighted by Crippen LogP contribution is -1.95. The molecule has 0 aliphatic carbocycles. The fourth-order valence-electron chi connectivity index (χ4n) is 1.27. The molecule has 0 spiro atoms. The number of hydrogen-bond donors (Lipinski definition) is 1. The molecule has 0 amide bonds. The highest BCUT2D eigenvalue weighted by Crippen LogP contribution is 2.29. The SMILES string of the molecule is Cc1nc2c(Cl)cc(CN)cc2s1. The van der Waals surface area contributed by atoms with Gasteiger partial charge < -0.3 is 5.73 Å². The van der Waals surface area contributed by atoms with Crippen molar-refractivity contribution in [3.8, 4) is 0 Å². The molecular formula is C9H9ClN2S. The van der Waals surface area contributed by atoms with Crippen molar-refractivity contribution < 1.29 is 0 Å². The third kappa shape index (κ3) is 1.55. The van der Waals surface area contributed by atoms with Gasteiger partial charge in [-0.15, -0.1) is 11.3 Å². The first kappa shape index (κ1) is 8.94. The van der Waals surface area contributed by atoms with Gasteiger partial charge in [-0.3, -0.25) is 0 Å². The van der Waals surface area contributed by atoms with E-state index >= 15 is 0 Å². The molecule has 13 heavy (non-hydrogen) atoms. The minimum absolute atomic E-state index is 0.520. The molecule has 0 saturated carbocycles. The molecule has 0 aliphatic heterocycles. The van der Waals surface area contributed by atoms with E-state index in [1.165, 1.54) is 0 Å². The van der Waals surface area contributed by atoms with Crippen molar-refractivity contribution in [1.82, 2.24) is 4.98 Å². The molecule has 2 N–H and O–H groups in total. The molecule has 1 heterocycles. The van der Waals surface area contributed by atoms with Gasteiger partial charge in [0, 0.05) is 6.54 Å². The maximum Gasteiger partial charge on any atom is 0.100 e.